The number of rotatable bonds is 28. The number of carboxylic acids is 2. The highest BCUT2D eigenvalue weighted by atomic mass is 16.6. The molecular weight excluding hydrogens is 624 g/mol. The van der Waals surface area contributed by atoms with E-state index in [-0.39, 0.29) is 12.8 Å². The van der Waals surface area contributed by atoms with Crippen LogP contribution in [0.15, 0.2) is 122 Å². The van der Waals surface area contributed by atoms with Crippen LogP contribution >= 0.6 is 0 Å². The molecule has 2 N–H and O–H groups in total. The van der Waals surface area contributed by atoms with E-state index in [0.717, 1.165) is 77.0 Å². The molecule has 2 aliphatic rings. The van der Waals surface area contributed by atoms with Gasteiger partial charge in [-0.1, -0.05) is 135 Å². The summed E-state index contributed by atoms with van der Waals surface area (Å²) in [7, 11) is 0. The second kappa shape index (κ2) is 32.5. The molecule has 0 unspecified atom stereocenters. The van der Waals surface area contributed by atoms with Crippen LogP contribution in [0.4, 0.5) is 0 Å². The van der Waals surface area contributed by atoms with Gasteiger partial charge in [-0.05, 0) is 89.9 Å². The molecule has 6 nitrogen and oxygen atoms in total. The maximum atomic E-state index is 10.4. The van der Waals surface area contributed by atoms with E-state index in [0.29, 0.717) is 37.3 Å². The molecule has 276 valence electrons. The van der Waals surface area contributed by atoms with Crippen LogP contribution in [0.3, 0.4) is 0 Å². The van der Waals surface area contributed by atoms with Crippen LogP contribution in [-0.2, 0) is 19.1 Å². The molecule has 50 heavy (non-hydrogen) atoms. The zero-order chi connectivity index (χ0) is 36.3. The lowest BCUT2D eigenvalue weighted by atomic mass is 10.1. The van der Waals surface area contributed by atoms with Crippen molar-refractivity contribution < 1.29 is 29.3 Å². The Morgan fingerprint density at radius 3 is 1.04 bits per heavy atom. The maximum absolute atomic E-state index is 10.4. The molecule has 2 heterocycles. The van der Waals surface area contributed by atoms with Gasteiger partial charge in [0.15, 0.2) is 0 Å². The lowest BCUT2D eigenvalue weighted by Gasteiger charge is -1.89. The average molecular weight is 689 g/mol. The van der Waals surface area contributed by atoms with Gasteiger partial charge < -0.3 is 19.7 Å². The van der Waals surface area contributed by atoms with Gasteiger partial charge in [0, 0.05) is 12.8 Å². The van der Waals surface area contributed by atoms with Crippen LogP contribution in [0, 0.1) is 0 Å². The minimum atomic E-state index is -0.746. The van der Waals surface area contributed by atoms with Crippen molar-refractivity contribution in [3.05, 3.63) is 122 Å². The largest absolute Gasteiger partial charge is 0.481 e. The number of epoxide rings is 2. The number of aliphatic carboxylic acids is 2. The fourth-order valence-corrected chi connectivity index (χ4v) is 4.74. The lowest BCUT2D eigenvalue weighted by Crippen LogP contribution is -1.92. The summed E-state index contributed by atoms with van der Waals surface area (Å²) in [5.41, 5.74) is 0. The number of hydrogen-bond donors (Lipinski definition) is 2. The van der Waals surface area contributed by atoms with Gasteiger partial charge in [0.25, 0.3) is 0 Å². The van der Waals surface area contributed by atoms with E-state index >= 15 is 0 Å². The Morgan fingerprint density at radius 2 is 0.700 bits per heavy atom. The summed E-state index contributed by atoms with van der Waals surface area (Å²) in [6, 6.07) is 0. The number of hydrogen-bond acceptors (Lipinski definition) is 4. The van der Waals surface area contributed by atoms with Crippen LogP contribution in [-0.4, -0.2) is 46.6 Å². The Morgan fingerprint density at radius 1 is 0.420 bits per heavy atom. The first-order valence-corrected chi connectivity index (χ1v) is 18.7. The van der Waals surface area contributed by atoms with E-state index in [1.165, 1.54) is 0 Å². The van der Waals surface area contributed by atoms with Crippen LogP contribution in [0.2, 0.25) is 0 Å². The summed E-state index contributed by atoms with van der Waals surface area (Å²) < 4.78 is 11.1. The first-order valence-electron chi connectivity index (χ1n) is 18.7. The molecule has 2 aliphatic heterocycles. The first kappa shape index (κ1) is 44.3. The fourth-order valence-electron chi connectivity index (χ4n) is 4.74. The molecule has 0 spiro atoms. The van der Waals surface area contributed by atoms with Gasteiger partial charge in [0.2, 0.25) is 0 Å². The molecule has 6 heteroatoms. The predicted molar refractivity (Wildman–Crippen MR) is 209 cm³/mol. The molecule has 0 saturated carbocycles. The van der Waals surface area contributed by atoms with Crippen molar-refractivity contribution in [1.29, 1.82) is 0 Å². The minimum absolute atomic E-state index is 0.202. The Hall–Kier alpha value is -3.74. The number of allylic oxidation sites excluding steroid dienone is 17. The molecule has 0 bridgehead atoms. The molecule has 2 fully saturated rings. The quantitative estimate of drug-likeness (QED) is 0.0627. The lowest BCUT2D eigenvalue weighted by molar-refractivity contribution is -0.137. The van der Waals surface area contributed by atoms with Gasteiger partial charge in [-0.3, -0.25) is 9.59 Å². The topological polar surface area (TPSA) is 99.7 Å². The number of carboxylic acid groups (broad SMARTS) is 2. The molecular formula is C44H64O6. The predicted octanol–water partition coefficient (Wildman–Crippen LogP) is 11.5. The molecule has 2 rings (SSSR count). The van der Waals surface area contributed by atoms with Gasteiger partial charge >= 0.3 is 11.9 Å². The summed E-state index contributed by atoms with van der Waals surface area (Å²) in [5, 5.41) is 17.0. The molecule has 0 aromatic carbocycles. The van der Waals surface area contributed by atoms with Crippen LogP contribution in [0.1, 0.15) is 117 Å². The Labute approximate surface area is 303 Å². The van der Waals surface area contributed by atoms with Gasteiger partial charge in [-0.25, -0.2) is 0 Å². The SMILES string of the molecule is CC/C=C\C/C=C\C/C=C\C/C=C\C[C@H]1O[C@H]1C/C=C\CCC(=O)O.CC[C@H]1O[C@H]1C/C=C\C/C=C\C/C=C\C/C=C\C/C=C\CCC(=O)O. The smallest absolute Gasteiger partial charge is 0.303 e. The Bertz CT molecular complexity index is 1180. The highest BCUT2D eigenvalue weighted by Gasteiger charge is 2.36. The second-order valence-corrected chi connectivity index (χ2v) is 12.2. The van der Waals surface area contributed by atoms with Gasteiger partial charge in [-0.15, -0.1) is 0 Å². The molecule has 0 aliphatic carbocycles. The van der Waals surface area contributed by atoms with Crippen molar-refractivity contribution in [2.45, 2.75) is 141 Å². The third-order valence-electron chi connectivity index (χ3n) is 7.74. The third kappa shape index (κ3) is 30.3. The summed E-state index contributed by atoms with van der Waals surface area (Å²) >= 11 is 0. The first-order chi connectivity index (χ1) is 24.5. The van der Waals surface area contributed by atoms with Crippen LogP contribution in [0.5, 0.6) is 0 Å². The van der Waals surface area contributed by atoms with Crippen molar-refractivity contribution in [3.63, 3.8) is 0 Å². The van der Waals surface area contributed by atoms with E-state index in [1.54, 1.807) is 0 Å². The Kier molecular flexibility index (Phi) is 28.8. The summed E-state index contributed by atoms with van der Waals surface area (Å²) in [4.78, 5) is 20.7. The van der Waals surface area contributed by atoms with E-state index in [1.807, 2.05) is 24.3 Å². The number of ether oxygens (including phenoxy) is 2. The normalized spacial score (nSPS) is 20.8. The Balaban J connectivity index is 0.000000500. The maximum Gasteiger partial charge on any atom is 0.303 e. The summed E-state index contributed by atoms with van der Waals surface area (Å²) in [6.45, 7) is 4.32. The van der Waals surface area contributed by atoms with Crippen molar-refractivity contribution in [2.24, 2.45) is 0 Å². The second-order valence-electron chi connectivity index (χ2n) is 12.2. The summed E-state index contributed by atoms with van der Waals surface area (Å²) in [6.07, 6.45) is 58.0. The highest BCUT2D eigenvalue weighted by molar-refractivity contribution is 5.67. The van der Waals surface area contributed by atoms with Crippen molar-refractivity contribution in [2.75, 3.05) is 0 Å². The molecule has 0 aromatic rings. The standard InChI is InChI=1S/2C22H32O3/c1-2-20-21(25-20)18-16-14-12-10-8-6-4-3-5-7-9-11-13-15-17-19-22(23)24;1-2-3-4-5-6-7-8-9-10-11-12-14-17-20-21(25-20)18-15-13-16-19-22(23)24/h3-4,7-10,13-16,20-21H,2,5-6,11-12,17-19H2,1H3,(H,23,24);3-4,6-7,9-10,12-15,20-21H,2,5,8,11,16-19H2,1H3,(H,23,24)/b4-3-,9-7-,10-8-,15-13-,16-14-;4-3-,7-6-,10-9-,14-12-,15-13-/t2*20-,21+/m11/s1. The number of carbonyl (C=O) groups is 2. The van der Waals surface area contributed by atoms with Crippen LogP contribution < -0.4 is 0 Å². The van der Waals surface area contributed by atoms with Crippen molar-refractivity contribution in [1.82, 2.24) is 0 Å². The summed E-state index contributed by atoms with van der Waals surface area (Å²) in [5.74, 6) is -1.49. The van der Waals surface area contributed by atoms with E-state index in [2.05, 4.69) is 111 Å². The fraction of sp³-hybridized carbons (Fsp3) is 0.500. The minimum Gasteiger partial charge on any atom is -0.481 e. The average Bonchev–Trinajstić information content (AvgIpc) is 4.03. The molecule has 0 radical (unpaired) electrons. The van der Waals surface area contributed by atoms with E-state index < -0.39 is 11.9 Å². The monoisotopic (exact) mass is 688 g/mol. The zero-order valence-electron chi connectivity index (χ0n) is 30.7. The highest BCUT2D eigenvalue weighted by Crippen LogP contribution is 2.29. The van der Waals surface area contributed by atoms with Crippen LogP contribution in [0.25, 0.3) is 0 Å². The van der Waals surface area contributed by atoms with Gasteiger partial charge in [0.05, 0.1) is 24.4 Å². The molecule has 4 atom stereocenters. The van der Waals surface area contributed by atoms with E-state index in [9.17, 15) is 9.59 Å². The van der Waals surface area contributed by atoms with Crippen molar-refractivity contribution in [3.8, 4) is 0 Å². The van der Waals surface area contributed by atoms with Gasteiger partial charge in [-0.2, -0.15) is 0 Å². The van der Waals surface area contributed by atoms with E-state index in [4.69, 9.17) is 19.7 Å². The molecule has 0 amide bonds. The third-order valence-corrected chi connectivity index (χ3v) is 7.74. The molecule has 0 aromatic heterocycles. The van der Waals surface area contributed by atoms with Gasteiger partial charge in [0.1, 0.15) is 0 Å². The zero-order valence-corrected chi connectivity index (χ0v) is 30.7. The molecule has 2 saturated heterocycles. The van der Waals surface area contributed by atoms with Crippen molar-refractivity contribution >= 4 is 11.9 Å².